The average Bonchev–Trinajstić information content (AvgIpc) is 2.78. The number of hydrazine groups is 1. The molecule has 2 atom stereocenters. The predicted octanol–water partition coefficient (Wildman–Crippen LogP) is 0.254. The largest absolute Gasteiger partial charge is 0.303 e. The van der Waals surface area contributed by atoms with E-state index >= 15 is 0 Å². The van der Waals surface area contributed by atoms with Gasteiger partial charge < -0.3 is 4.90 Å². The molecule has 4 nitrogen and oxygen atoms in total. The van der Waals surface area contributed by atoms with Gasteiger partial charge in [0.2, 0.25) is 0 Å². The standard InChI is InChI=1S/C12H26N4/c1-15-7-8-16(2)11(9-15)12(14-13)10-5-3-4-6-10/h10-12,14H,3-9,13H2,1-2H3. The predicted molar refractivity (Wildman–Crippen MR) is 67.0 cm³/mol. The molecule has 0 amide bonds. The summed E-state index contributed by atoms with van der Waals surface area (Å²) in [5.74, 6) is 6.58. The van der Waals surface area contributed by atoms with Crippen LogP contribution in [0.1, 0.15) is 25.7 Å². The first-order valence-electron chi connectivity index (χ1n) is 6.57. The maximum absolute atomic E-state index is 5.80. The Balaban J connectivity index is 2.00. The van der Waals surface area contributed by atoms with Gasteiger partial charge in [0.1, 0.15) is 0 Å². The van der Waals surface area contributed by atoms with E-state index in [1.54, 1.807) is 0 Å². The highest BCUT2D eigenvalue weighted by Crippen LogP contribution is 2.30. The summed E-state index contributed by atoms with van der Waals surface area (Å²) >= 11 is 0. The third-order valence-electron chi connectivity index (χ3n) is 4.41. The number of nitrogens with two attached hydrogens (primary N) is 1. The second kappa shape index (κ2) is 5.45. The van der Waals surface area contributed by atoms with Crippen LogP contribution < -0.4 is 11.3 Å². The highest BCUT2D eigenvalue weighted by molar-refractivity contribution is 4.93. The lowest BCUT2D eigenvalue weighted by molar-refractivity contribution is 0.0704. The van der Waals surface area contributed by atoms with Crippen molar-refractivity contribution in [3.63, 3.8) is 0 Å². The fraction of sp³-hybridized carbons (Fsp3) is 1.00. The first kappa shape index (κ1) is 12.3. The topological polar surface area (TPSA) is 44.5 Å². The lowest BCUT2D eigenvalue weighted by atomic mass is 9.90. The molecule has 0 aromatic carbocycles. The minimum Gasteiger partial charge on any atom is -0.303 e. The van der Waals surface area contributed by atoms with Crippen molar-refractivity contribution in [2.75, 3.05) is 33.7 Å². The fourth-order valence-corrected chi connectivity index (χ4v) is 3.31. The molecule has 2 unspecified atom stereocenters. The summed E-state index contributed by atoms with van der Waals surface area (Å²) in [6.07, 6.45) is 5.47. The van der Waals surface area contributed by atoms with Crippen molar-refractivity contribution < 1.29 is 0 Å². The van der Waals surface area contributed by atoms with Crippen LogP contribution in [0, 0.1) is 5.92 Å². The minimum absolute atomic E-state index is 0.468. The van der Waals surface area contributed by atoms with E-state index in [1.165, 1.54) is 32.2 Å². The molecule has 0 spiro atoms. The smallest absolute Gasteiger partial charge is 0.0406 e. The molecule has 4 heteroatoms. The van der Waals surface area contributed by atoms with Gasteiger partial charge >= 0.3 is 0 Å². The molecule has 2 fully saturated rings. The van der Waals surface area contributed by atoms with Crippen LogP contribution in [0.4, 0.5) is 0 Å². The summed E-state index contributed by atoms with van der Waals surface area (Å²) in [6, 6.07) is 1.04. The molecule has 0 aromatic heterocycles. The molecule has 2 rings (SSSR count). The van der Waals surface area contributed by atoms with E-state index < -0.39 is 0 Å². The van der Waals surface area contributed by atoms with E-state index in [4.69, 9.17) is 5.84 Å². The van der Waals surface area contributed by atoms with Crippen molar-refractivity contribution in [3.05, 3.63) is 0 Å². The highest BCUT2D eigenvalue weighted by Gasteiger charge is 2.35. The molecule has 1 heterocycles. The summed E-state index contributed by atoms with van der Waals surface area (Å²) in [5.41, 5.74) is 3.10. The van der Waals surface area contributed by atoms with Crippen molar-refractivity contribution in [2.45, 2.75) is 37.8 Å². The third-order valence-corrected chi connectivity index (χ3v) is 4.41. The molecule has 1 saturated heterocycles. The van der Waals surface area contributed by atoms with Gasteiger partial charge in [-0.15, -0.1) is 0 Å². The molecule has 2 aliphatic rings. The van der Waals surface area contributed by atoms with Gasteiger partial charge in [0.05, 0.1) is 0 Å². The number of likely N-dealkylation sites (N-methyl/N-ethyl adjacent to an activating group) is 2. The summed E-state index contributed by atoms with van der Waals surface area (Å²) in [6.45, 7) is 3.48. The molecular formula is C12H26N4. The van der Waals surface area contributed by atoms with Crippen molar-refractivity contribution in [1.29, 1.82) is 0 Å². The fourth-order valence-electron chi connectivity index (χ4n) is 3.31. The Morgan fingerprint density at radius 1 is 1.19 bits per heavy atom. The van der Waals surface area contributed by atoms with Crippen LogP contribution in [0.15, 0.2) is 0 Å². The van der Waals surface area contributed by atoms with Crippen LogP contribution in [0.5, 0.6) is 0 Å². The Bertz CT molecular complexity index is 215. The Kier molecular flexibility index (Phi) is 4.19. The zero-order chi connectivity index (χ0) is 11.5. The van der Waals surface area contributed by atoms with Crippen LogP contribution in [-0.4, -0.2) is 55.6 Å². The molecule has 1 saturated carbocycles. The summed E-state index contributed by atoms with van der Waals surface area (Å²) in [7, 11) is 4.44. The van der Waals surface area contributed by atoms with E-state index in [0.29, 0.717) is 12.1 Å². The number of nitrogens with one attached hydrogen (secondary N) is 1. The van der Waals surface area contributed by atoms with E-state index in [2.05, 4.69) is 29.3 Å². The first-order valence-corrected chi connectivity index (χ1v) is 6.57. The van der Waals surface area contributed by atoms with Gasteiger partial charge in [-0.2, -0.15) is 0 Å². The van der Waals surface area contributed by atoms with Crippen molar-refractivity contribution in [2.24, 2.45) is 11.8 Å². The van der Waals surface area contributed by atoms with Gasteiger partial charge in [0.25, 0.3) is 0 Å². The van der Waals surface area contributed by atoms with Crippen molar-refractivity contribution in [1.82, 2.24) is 15.2 Å². The Hall–Kier alpha value is -0.160. The molecule has 94 valence electrons. The molecular weight excluding hydrogens is 200 g/mol. The maximum Gasteiger partial charge on any atom is 0.0406 e. The van der Waals surface area contributed by atoms with Crippen LogP contribution >= 0.6 is 0 Å². The van der Waals surface area contributed by atoms with E-state index in [0.717, 1.165) is 19.0 Å². The van der Waals surface area contributed by atoms with Crippen LogP contribution in [-0.2, 0) is 0 Å². The number of piperazine rings is 1. The summed E-state index contributed by atoms with van der Waals surface area (Å²) < 4.78 is 0. The Morgan fingerprint density at radius 3 is 2.50 bits per heavy atom. The van der Waals surface area contributed by atoms with Crippen molar-refractivity contribution >= 4 is 0 Å². The summed E-state index contributed by atoms with van der Waals surface area (Å²) in [5, 5.41) is 0. The number of hydrogen-bond donors (Lipinski definition) is 2. The van der Waals surface area contributed by atoms with Crippen LogP contribution in [0.3, 0.4) is 0 Å². The number of nitrogens with zero attached hydrogens (tertiary/aromatic N) is 2. The van der Waals surface area contributed by atoms with Gasteiger partial charge in [-0.25, -0.2) is 0 Å². The van der Waals surface area contributed by atoms with Gasteiger partial charge in [0, 0.05) is 31.7 Å². The third kappa shape index (κ3) is 2.56. The zero-order valence-corrected chi connectivity index (χ0v) is 10.7. The second-order valence-electron chi connectivity index (χ2n) is 5.55. The number of rotatable bonds is 3. The van der Waals surface area contributed by atoms with Gasteiger partial charge in [-0.3, -0.25) is 16.2 Å². The zero-order valence-electron chi connectivity index (χ0n) is 10.7. The monoisotopic (exact) mass is 226 g/mol. The summed E-state index contributed by atoms with van der Waals surface area (Å²) in [4.78, 5) is 4.90. The number of hydrogen-bond acceptors (Lipinski definition) is 4. The molecule has 1 aliphatic carbocycles. The van der Waals surface area contributed by atoms with E-state index in [-0.39, 0.29) is 0 Å². The lowest BCUT2D eigenvalue weighted by Crippen LogP contribution is -2.61. The van der Waals surface area contributed by atoms with E-state index in [9.17, 15) is 0 Å². The average molecular weight is 226 g/mol. The van der Waals surface area contributed by atoms with Gasteiger partial charge in [-0.1, -0.05) is 12.8 Å². The van der Waals surface area contributed by atoms with Crippen LogP contribution in [0.2, 0.25) is 0 Å². The molecule has 16 heavy (non-hydrogen) atoms. The van der Waals surface area contributed by atoms with E-state index in [1.807, 2.05) is 0 Å². The molecule has 1 aliphatic heterocycles. The highest BCUT2D eigenvalue weighted by atomic mass is 15.3. The SMILES string of the molecule is CN1CCN(C)C(C(NN)C2CCCC2)C1. The normalized spacial score (nSPS) is 32.1. The lowest BCUT2D eigenvalue weighted by Gasteiger charge is -2.43. The quantitative estimate of drug-likeness (QED) is 0.535. The Labute approximate surface area is 99.1 Å². The van der Waals surface area contributed by atoms with Crippen LogP contribution in [0.25, 0.3) is 0 Å². The molecule has 0 aromatic rings. The van der Waals surface area contributed by atoms with Gasteiger partial charge in [-0.05, 0) is 32.9 Å². The van der Waals surface area contributed by atoms with Gasteiger partial charge in [0.15, 0.2) is 0 Å². The maximum atomic E-state index is 5.80. The molecule has 0 bridgehead atoms. The molecule has 3 N–H and O–H groups in total. The van der Waals surface area contributed by atoms with Crippen molar-refractivity contribution in [3.8, 4) is 0 Å². The first-order chi connectivity index (χ1) is 7.72. The molecule has 0 radical (unpaired) electrons. The Morgan fingerprint density at radius 2 is 1.88 bits per heavy atom. The minimum atomic E-state index is 0.468. The second-order valence-corrected chi connectivity index (χ2v) is 5.55.